The van der Waals surface area contributed by atoms with Crippen molar-refractivity contribution in [2.45, 2.75) is 11.4 Å². The van der Waals surface area contributed by atoms with Crippen molar-refractivity contribution < 1.29 is 12.8 Å². The fourth-order valence-corrected chi connectivity index (χ4v) is 2.14. The topological polar surface area (TPSA) is 85.3 Å². The Morgan fingerprint density at radius 1 is 1.33 bits per heavy atom. The van der Waals surface area contributed by atoms with Crippen molar-refractivity contribution in [2.75, 3.05) is 5.32 Å². The summed E-state index contributed by atoms with van der Waals surface area (Å²) in [5.41, 5.74) is 0.486. The van der Waals surface area contributed by atoms with Crippen molar-refractivity contribution >= 4 is 27.3 Å². The fraction of sp³-hybridized carbons (Fsp3) is 0.0909. The molecule has 0 unspecified atom stereocenters. The highest BCUT2D eigenvalue weighted by atomic mass is 35.5. The highest BCUT2D eigenvalue weighted by Crippen LogP contribution is 2.25. The molecule has 0 fully saturated rings. The Morgan fingerprint density at radius 2 is 2.11 bits per heavy atom. The number of sulfonamides is 1. The van der Waals surface area contributed by atoms with Crippen LogP contribution in [-0.4, -0.2) is 8.42 Å². The average Bonchev–Trinajstić information content (AvgIpc) is 2.79. The van der Waals surface area contributed by atoms with Crippen molar-refractivity contribution in [3.05, 3.63) is 47.4 Å². The monoisotopic (exact) mass is 286 g/mol. The lowest BCUT2D eigenvalue weighted by Gasteiger charge is -2.08. The molecule has 1 aromatic heterocycles. The molecule has 96 valence electrons. The van der Waals surface area contributed by atoms with Crippen LogP contribution in [0.15, 0.2) is 45.9 Å². The Balaban J connectivity index is 2.22. The van der Waals surface area contributed by atoms with Gasteiger partial charge < -0.3 is 9.73 Å². The number of hydrogen-bond donors (Lipinski definition) is 2. The van der Waals surface area contributed by atoms with Gasteiger partial charge in [0.15, 0.2) is 0 Å². The summed E-state index contributed by atoms with van der Waals surface area (Å²) in [6, 6.07) is 7.78. The number of halogens is 1. The number of furan rings is 1. The summed E-state index contributed by atoms with van der Waals surface area (Å²) in [6.07, 6.45) is 1.55. The van der Waals surface area contributed by atoms with Gasteiger partial charge >= 0.3 is 0 Å². The van der Waals surface area contributed by atoms with Gasteiger partial charge in [0.2, 0.25) is 10.0 Å². The van der Waals surface area contributed by atoms with Crippen LogP contribution >= 0.6 is 11.6 Å². The first-order valence-electron chi connectivity index (χ1n) is 5.05. The Labute approximate surface area is 110 Å². The van der Waals surface area contributed by atoms with E-state index in [1.54, 1.807) is 18.4 Å². The Hall–Kier alpha value is -1.50. The molecule has 7 heteroatoms. The smallest absolute Gasteiger partial charge is 0.238 e. The van der Waals surface area contributed by atoms with Crippen LogP contribution in [0.5, 0.6) is 0 Å². The molecule has 0 saturated carbocycles. The van der Waals surface area contributed by atoms with Crippen LogP contribution in [0.4, 0.5) is 5.69 Å². The van der Waals surface area contributed by atoms with E-state index in [4.69, 9.17) is 21.2 Å². The lowest BCUT2D eigenvalue weighted by molar-refractivity contribution is 0.518. The summed E-state index contributed by atoms with van der Waals surface area (Å²) >= 11 is 5.96. The Morgan fingerprint density at radius 3 is 2.72 bits per heavy atom. The van der Waals surface area contributed by atoms with Crippen molar-refractivity contribution in [1.82, 2.24) is 0 Å². The SMILES string of the molecule is NS(=O)(=O)c1ccc(Cl)c(NCc2ccco2)c1. The van der Waals surface area contributed by atoms with Crippen LogP contribution in [0.3, 0.4) is 0 Å². The van der Waals surface area contributed by atoms with Crippen LogP contribution in [0.1, 0.15) is 5.76 Å². The van der Waals surface area contributed by atoms with E-state index in [-0.39, 0.29) is 4.90 Å². The van der Waals surface area contributed by atoms with Crippen molar-refractivity contribution in [1.29, 1.82) is 0 Å². The molecule has 0 aliphatic heterocycles. The molecule has 0 radical (unpaired) electrons. The molecule has 3 N–H and O–H groups in total. The van der Waals surface area contributed by atoms with Crippen molar-refractivity contribution in [2.24, 2.45) is 5.14 Å². The predicted octanol–water partition coefficient (Wildman–Crippen LogP) is 2.19. The Bertz CT molecular complexity index is 638. The molecule has 18 heavy (non-hydrogen) atoms. The highest BCUT2D eigenvalue weighted by molar-refractivity contribution is 7.89. The molecule has 2 rings (SSSR count). The van der Waals surface area contributed by atoms with E-state index in [2.05, 4.69) is 5.32 Å². The van der Waals surface area contributed by atoms with Gasteiger partial charge in [0.1, 0.15) is 5.76 Å². The van der Waals surface area contributed by atoms with E-state index >= 15 is 0 Å². The molecule has 0 atom stereocenters. The number of primary sulfonamides is 1. The lowest BCUT2D eigenvalue weighted by atomic mass is 10.3. The van der Waals surface area contributed by atoms with Gasteiger partial charge in [-0.05, 0) is 30.3 Å². The summed E-state index contributed by atoms with van der Waals surface area (Å²) in [7, 11) is -3.74. The second kappa shape index (κ2) is 5.01. The third-order valence-corrected chi connectivity index (χ3v) is 3.54. The van der Waals surface area contributed by atoms with Gasteiger partial charge in [-0.1, -0.05) is 11.6 Å². The number of rotatable bonds is 4. The Kier molecular flexibility index (Phi) is 3.60. The summed E-state index contributed by atoms with van der Waals surface area (Å²) in [5, 5.41) is 8.44. The first-order chi connectivity index (χ1) is 8.47. The molecular weight excluding hydrogens is 276 g/mol. The van der Waals surface area contributed by atoms with Gasteiger partial charge in [-0.15, -0.1) is 0 Å². The third kappa shape index (κ3) is 3.04. The molecule has 0 spiro atoms. The van der Waals surface area contributed by atoms with E-state index in [9.17, 15) is 8.42 Å². The van der Waals surface area contributed by atoms with Crippen molar-refractivity contribution in [3.8, 4) is 0 Å². The van der Waals surface area contributed by atoms with Crippen LogP contribution in [0.25, 0.3) is 0 Å². The molecule has 2 aromatic rings. The zero-order valence-electron chi connectivity index (χ0n) is 9.26. The van der Waals surface area contributed by atoms with Crippen molar-refractivity contribution in [3.63, 3.8) is 0 Å². The maximum atomic E-state index is 11.2. The molecular formula is C11H11ClN2O3S. The maximum Gasteiger partial charge on any atom is 0.238 e. The lowest BCUT2D eigenvalue weighted by Crippen LogP contribution is -2.12. The number of hydrogen-bond acceptors (Lipinski definition) is 4. The number of nitrogens with two attached hydrogens (primary N) is 1. The summed E-state index contributed by atoms with van der Waals surface area (Å²) < 4.78 is 27.6. The number of anilines is 1. The van der Waals surface area contributed by atoms with E-state index < -0.39 is 10.0 Å². The zero-order valence-corrected chi connectivity index (χ0v) is 10.8. The average molecular weight is 287 g/mol. The molecule has 5 nitrogen and oxygen atoms in total. The minimum atomic E-state index is -3.74. The van der Waals surface area contributed by atoms with Gasteiger partial charge in [-0.2, -0.15) is 0 Å². The maximum absolute atomic E-state index is 11.2. The van der Waals surface area contributed by atoms with Gasteiger partial charge in [0.05, 0.1) is 28.4 Å². The van der Waals surface area contributed by atoms with Gasteiger partial charge in [0, 0.05) is 0 Å². The van der Waals surface area contributed by atoms with E-state index in [1.807, 2.05) is 0 Å². The number of nitrogens with one attached hydrogen (secondary N) is 1. The second-order valence-corrected chi connectivity index (χ2v) is 5.59. The van der Waals surface area contributed by atoms with Gasteiger partial charge in [-0.3, -0.25) is 0 Å². The van der Waals surface area contributed by atoms with Crippen LogP contribution < -0.4 is 10.5 Å². The van der Waals surface area contributed by atoms with Gasteiger partial charge in [-0.25, -0.2) is 13.6 Å². The third-order valence-electron chi connectivity index (χ3n) is 2.30. The second-order valence-electron chi connectivity index (χ2n) is 3.62. The zero-order chi connectivity index (χ0) is 13.2. The first kappa shape index (κ1) is 12.9. The molecule has 1 aromatic carbocycles. The highest BCUT2D eigenvalue weighted by Gasteiger charge is 2.10. The van der Waals surface area contributed by atoms with E-state index in [0.29, 0.717) is 23.0 Å². The largest absolute Gasteiger partial charge is 0.467 e. The molecule has 0 bridgehead atoms. The fourth-order valence-electron chi connectivity index (χ4n) is 1.41. The minimum Gasteiger partial charge on any atom is -0.467 e. The minimum absolute atomic E-state index is 0.00819. The summed E-state index contributed by atoms with van der Waals surface area (Å²) in [5.74, 6) is 0.715. The molecule has 0 aliphatic rings. The normalized spacial score (nSPS) is 11.4. The van der Waals surface area contributed by atoms with Crippen LogP contribution in [-0.2, 0) is 16.6 Å². The predicted molar refractivity (Wildman–Crippen MR) is 68.9 cm³/mol. The van der Waals surface area contributed by atoms with E-state index in [0.717, 1.165) is 0 Å². The summed E-state index contributed by atoms with van der Waals surface area (Å²) in [4.78, 5) is 0.00819. The van der Waals surface area contributed by atoms with Gasteiger partial charge in [0.25, 0.3) is 0 Å². The van der Waals surface area contributed by atoms with E-state index in [1.165, 1.54) is 18.2 Å². The molecule has 1 heterocycles. The quantitative estimate of drug-likeness (QED) is 0.902. The molecule has 0 saturated heterocycles. The van der Waals surface area contributed by atoms with Crippen LogP contribution in [0.2, 0.25) is 5.02 Å². The first-order valence-corrected chi connectivity index (χ1v) is 6.98. The molecule has 0 amide bonds. The standard InChI is InChI=1S/C11H11ClN2O3S/c12-10-4-3-9(18(13,15)16)6-11(10)14-7-8-2-1-5-17-8/h1-6,14H,7H2,(H2,13,15,16). The van der Waals surface area contributed by atoms with Crippen LogP contribution in [0, 0.1) is 0 Å². The molecule has 0 aliphatic carbocycles. The summed E-state index contributed by atoms with van der Waals surface area (Å²) in [6.45, 7) is 0.404. The number of benzene rings is 1.